The zero-order valence-corrected chi connectivity index (χ0v) is 22.0. The molecule has 38 heavy (non-hydrogen) atoms. The predicted octanol–water partition coefficient (Wildman–Crippen LogP) is 2.14. The molecule has 3 aromatic rings. The number of dihydropyridines is 1. The lowest BCUT2D eigenvalue weighted by Crippen LogP contribution is -2.33. The SMILES string of the molecule is CCOC1=CC=CC(=c2nc(N)c(=CC(N)=NSCc3ccc(F)cn3)n2-c2c(OC)cccc2OC)N1. The van der Waals surface area contributed by atoms with Crippen LogP contribution in [0.15, 0.2) is 65.0 Å². The first-order valence-electron chi connectivity index (χ1n) is 11.6. The number of nitrogens with two attached hydrogens (primary N) is 2. The molecule has 0 radical (unpaired) electrons. The molecule has 198 valence electrons. The Kier molecular flexibility index (Phi) is 8.54. The van der Waals surface area contributed by atoms with Crippen LogP contribution in [0.25, 0.3) is 17.5 Å². The van der Waals surface area contributed by atoms with Gasteiger partial charge in [-0.2, -0.15) is 4.40 Å². The Hall–Kier alpha value is -4.45. The van der Waals surface area contributed by atoms with Gasteiger partial charge in [0.15, 0.2) is 17.2 Å². The lowest BCUT2D eigenvalue weighted by atomic mass is 10.2. The number of hydrogen-bond donors (Lipinski definition) is 3. The van der Waals surface area contributed by atoms with Crippen molar-refractivity contribution in [3.05, 3.63) is 83.0 Å². The molecule has 0 spiro atoms. The Morgan fingerprint density at radius 2 is 1.97 bits per heavy atom. The number of allylic oxidation sites excluding steroid dienone is 2. The fraction of sp³-hybridized carbons (Fsp3) is 0.192. The number of anilines is 1. The Bertz CT molecular complexity index is 1490. The minimum absolute atomic E-state index is 0.192. The van der Waals surface area contributed by atoms with E-state index >= 15 is 0 Å². The molecule has 0 saturated heterocycles. The molecular formula is C26H28FN7O3S. The van der Waals surface area contributed by atoms with Crippen LogP contribution in [-0.4, -0.2) is 41.2 Å². The maximum absolute atomic E-state index is 13.1. The quantitative estimate of drug-likeness (QED) is 0.213. The lowest BCUT2D eigenvalue weighted by molar-refractivity contribution is 0.215. The minimum atomic E-state index is -0.398. The molecule has 0 aliphatic carbocycles. The molecule has 10 nitrogen and oxygen atoms in total. The van der Waals surface area contributed by atoms with E-state index < -0.39 is 5.82 Å². The maximum atomic E-state index is 13.1. The third kappa shape index (κ3) is 5.92. The molecular weight excluding hydrogens is 509 g/mol. The molecule has 1 aliphatic heterocycles. The summed E-state index contributed by atoms with van der Waals surface area (Å²) in [4.78, 5) is 8.68. The van der Waals surface area contributed by atoms with Gasteiger partial charge in [0.05, 0.1) is 49.5 Å². The van der Waals surface area contributed by atoms with Gasteiger partial charge in [-0.25, -0.2) is 9.37 Å². The number of rotatable bonds is 9. The third-order valence-corrected chi connectivity index (χ3v) is 6.10. The van der Waals surface area contributed by atoms with Gasteiger partial charge in [-0.3, -0.25) is 9.55 Å². The van der Waals surface area contributed by atoms with Gasteiger partial charge in [0, 0.05) is 6.08 Å². The molecule has 0 unspecified atom stereocenters. The van der Waals surface area contributed by atoms with Crippen molar-refractivity contribution in [2.24, 2.45) is 10.1 Å². The maximum Gasteiger partial charge on any atom is 0.191 e. The summed E-state index contributed by atoms with van der Waals surface area (Å²) in [5.74, 6) is 2.06. The molecule has 4 rings (SSSR count). The van der Waals surface area contributed by atoms with Crippen LogP contribution in [0.3, 0.4) is 0 Å². The van der Waals surface area contributed by atoms with Gasteiger partial charge in [0.25, 0.3) is 0 Å². The molecule has 1 aliphatic rings. The van der Waals surface area contributed by atoms with E-state index in [0.717, 1.165) is 6.20 Å². The number of nitrogens with zero attached hydrogens (tertiary/aromatic N) is 4. The van der Waals surface area contributed by atoms with Crippen molar-refractivity contribution in [3.8, 4) is 17.2 Å². The van der Waals surface area contributed by atoms with Crippen molar-refractivity contribution in [3.63, 3.8) is 0 Å². The Morgan fingerprint density at radius 1 is 1.21 bits per heavy atom. The summed E-state index contributed by atoms with van der Waals surface area (Å²) < 4.78 is 36.2. The standard InChI is InChI=1S/C26H28FN7O3S/c1-4-37-23-10-5-7-18(31-23)26-32-25(29)19(34(26)24-20(35-2)8-6-9-21(24)36-3)13-22(28)33-38-15-17-12-11-16(27)14-30-17/h5-14,31H,4,15H2,1-3H3,(H2,28,33)(H2,29,32). The van der Waals surface area contributed by atoms with Gasteiger partial charge < -0.3 is 31.0 Å². The van der Waals surface area contributed by atoms with Crippen molar-refractivity contribution in [1.82, 2.24) is 19.9 Å². The summed E-state index contributed by atoms with van der Waals surface area (Å²) in [5.41, 5.74) is 15.1. The molecule has 0 saturated carbocycles. The lowest BCUT2D eigenvalue weighted by Gasteiger charge is -2.17. The van der Waals surface area contributed by atoms with Crippen LogP contribution in [0.1, 0.15) is 12.6 Å². The number of nitrogens with one attached hydrogen (secondary N) is 1. The number of ether oxygens (including phenoxy) is 3. The second-order valence-electron chi connectivity index (χ2n) is 7.82. The van der Waals surface area contributed by atoms with Crippen molar-refractivity contribution in [2.75, 3.05) is 26.6 Å². The van der Waals surface area contributed by atoms with Crippen LogP contribution >= 0.6 is 11.9 Å². The van der Waals surface area contributed by atoms with Crippen molar-refractivity contribution < 1.29 is 18.6 Å². The van der Waals surface area contributed by atoms with E-state index in [1.54, 1.807) is 30.9 Å². The van der Waals surface area contributed by atoms with Crippen LogP contribution in [-0.2, 0) is 10.5 Å². The van der Waals surface area contributed by atoms with Crippen LogP contribution < -0.4 is 37.1 Å². The zero-order valence-electron chi connectivity index (χ0n) is 21.1. The Morgan fingerprint density at radius 3 is 2.63 bits per heavy atom. The molecule has 1 aromatic carbocycles. The second-order valence-corrected chi connectivity index (χ2v) is 8.55. The summed E-state index contributed by atoms with van der Waals surface area (Å²) in [6, 6.07) is 8.39. The second kappa shape index (κ2) is 12.2. The molecule has 0 bridgehead atoms. The van der Waals surface area contributed by atoms with Crippen LogP contribution in [0.2, 0.25) is 0 Å². The highest BCUT2D eigenvalue weighted by atomic mass is 32.2. The first kappa shape index (κ1) is 26.6. The highest BCUT2D eigenvalue weighted by molar-refractivity contribution is 7.97. The number of aromatic nitrogens is 3. The number of methoxy groups -OCH3 is 2. The number of imidazole rings is 1. The summed E-state index contributed by atoms with van der Waals surface area (Å²) in [6.45, 7) is 2.40. The van der Waals surface area contributed by atoms with Crippen LogP contribution in [0.4, 0.5) is 10.2 Å². The number of benzene rings is 1. The molecule has 0 fully saturated rings. The van der Waals surface area contributed by atoms with Crippen LogP contribution in [0, 0.1) is 5.82 Å². The third-order valence-electron chi connectivity index (χ3n) is 5.33. The highest BCUT2D eigenvalue weighted by Gasteiger charge is 2.19. The summed E-state index contributed by atoms with van der Waals surface area (Å²) in [6.07, 6.45) is 8.31. The fourth-order valence-corrected chi connectivity index (χ4v) is 4.27. The van der Waals surface area contributed by atoms with Crippen LogP contribution in [0.5, 0.6) is 11.5 Å². The zero-order chi connectivity index (χ0) is 27.1. The number of para-hydroxylation sites is 1. The Balaban J connectivity index is 1.86. The Labute approximate surface area is 223 Å². The van der Waals surface area contributed by atoms with E-state index in [1.165, 1.54) is 18.0 Å². The van der Waals surface area contributed by atoms with E-state index in [2.05, 4.69) is 19.7 Å². The summed E-state index contributed by atoms with van der Waals surface area (Å²) >= 11 is 1.18. The first-order valence-corrected chi connectivity index (χ1v) is 12.5. The molecule has 2 aromatic heterocycles. The molecule has 0 atom stereocenters. The normalized spacial score (nSPS) is 15.2. The largest absolute Gasteiger partial charge is 0.494 e. The number of amidine groups is 1. The topological polar surface area (TPSA) is 135 Å². The van der Waals surface area contributed by atoms with Gasteiger partial charge in [-0.15, -0.1) is 0 Å². The average molecular weight is 538 g/mol. The minimum Gasteiger partial charge on any atom is -0.494 e. The molecule has 12 heteroatoms. The highest BCUT2D eigenvalue weighted by Crippen LogP contribution is 2.30. The number of hydrogen-bond acceptors (Lipinski definition) is 9. The van der Waals surface area contributed by atoms with E-state index in [4.69, 9.17) is 25.7 Å². The molecule has 0 amide bonds. The van der Waals surface area contributed by atoms with Crippen molar-refractivity contribution in [2.45, 2.75) is 12.7 Å². The number of pyridine rings is 1. The van der Waals surface area contributed by atoms with E-state index in [-0.39, 0.29) is 11.7 Å². The molecule has 5 N–H and O–H groups in total. The summed E-state index contributed by atoms with van der Waals surface area (Å²) in [7, 11) is 3.14. The van der Waals surface area contributed by atoms with E-state index in [9.17, 15) is 4.39 Å². The fourth-order valence-electron chi connectivity index (χ4n) is 3.70. The predicted molar refractivity (Wildman–Crippen MR) is 147 cm³/mol. The monoisotopic (exact) mass is 537 g/mol. The van der Waals surface area contributed by atoms with E-state index in [1.807, 2.05) is 43.4 Å². The first-order chi connectivity index (χ1) is 18.4. The van der Waals surface area contributed by atoms with Gasteiger partial charge >= 0.3 is 0 Å². The van der Waals surface area contributed by atoms with Gasteiger partial charge in [0.1, 0.15) is 28.8 Å². The van der Waals surface area contributed by atoms with Crippen molar-refractivity contribution >= 4 is 35.4 Å². The van der Waals surface area contributed by atoms with Gasteiger partial charge in [-0.1, -0.05) is 12.1 Å². The van der Waals surface area contributed by atoms with Gasteiger partial charge in [0.2, 0.25) is 0 Å². The number of nitrogen functional groups attached to an aromatic ring is 1. The van der Waals surface area contributed by atoms with Crippen molar-refractivity contribution in [1.29, 1.82) is 0 Å². The average Bonchev–Trinajstić information content (AvgIpc) is 3.24. The molecule has 3 heterocycles. The number of halogens is 1. The smallest absolute Gasteiger partial charge is 0.191 e. The van der Waals surface area contributed by atoms with E-state index in [0.29, 0.717) is 57.6 Å². The van der Waals surface area contributed by atoms with Gasteiger partial charge in [-0.05, 0) is 55.3 Å². The summed E-state index contributed by atoms with van der Waals surface area (Å²) in [5, 5.41) is 3.71.